The van der Waals surface area contributed by atoms with Crippen LogP contribution < -0.4 is 15.8 Å². The number of halogens is 1. The van der Waals surface area contributed by atoms with Gasteiger partial charge in [0, 0.05) is 22.4 Å². The van der Waals surface area contributed by atoms with E-state index in [2.05, 4.69) is 33.4 Å². The van der Waals surface area contributed by atoms with Gasteiger partial charge in [0.1, 0.15) is 5.75 Å². The van der Waals surface area contributed by atoms with Crippen molar-refractivity contribution >= 4 is 27.3 Å². The number of nitrogen functional groups attached to an aromatic ring is 1. The smallest absolute Gasteiger partial charge is 0.122 e. The average Bonchev–Trinajstić information content (AvgIpc) is 2.45. The van der Waals surface area contributed by atoms with Gasteiger partial charge >= 0.3 is 0 Å². The molecule has 0 atom stereocenters. The zero-order valence-corrected chi connectivity index (χ0v) is 13.3. The second kappa shape index (κ2) is 6.66. The number of nitrogens with two attached hydrogens (primary N) is 1. The molecule has 106 valence electrons. The van der Waals surface area contributed by atoms with Gasteiger partial charge in [-0.15, -0.1) is 0 Å². The predicted molar refractivity (Wildman–Crippen MR) is 88.5 cm³/mol. The number of anilines is 2. The first-order chi connectivity index (χ1) is 9.61. The fourth-order valence-corrected chi connectivity index (χ4v) is 2.57. The minimum atomic E-state index is 0.798. The van der Waals surface area contributed by atoms with Crippen LogP contribution >= 0.6 is 15.9 Å². The number of hydrogen-bond donors (Lipinski definition) is 2. The predicted octanol–water partition coefficient (Wildman–Crippen LogP) is 4.00. The monoisotopic (exact) mass is 334 g/mol. The van der Waals surface area contributed by atoms with Crippen molar-refractivity contribution in [2.45, 2.75) is 13.3 Å². The summed E-state index contributed by atoms with van der Waals surface area (Å²) in [4.78, 5) is 0. The fraction of sp³-hybridized carbons (Fsp3) is 0.250. The van der Waals surface area contributed by atoms with Gasteiger partial charge in [-0.2, -0.15) is 0 Å². The summed E-state index contributed by atoms with van der Waals surface area (Å²) in [5.41, 5.74) is 10.0. The third kappa shape index (κ3) is 3.45. The largest absolute Gasteiger partial charge is 0.496 e. The normalized spacial score (nSPS) is 10.3. The Morgan fingerprint density at radius 1 is 1.25 bits per heavy atom. The lowest BCUT2D eigenvalue weighted by molar-refractivity contribution is 0.410. The molecule has 0 aliphatic carbocycles. The van der Waals surface area contributed by atoms with Gasteiger partial charge in [0.25, 0.3) is 0 Å². The third-order valence-corrected chi connectivity index (χ3v) is 3.91. The Hall–Kier alpha value is -1.68. The van der Waals surface area contributed by atoms with Crippen molar-refractivity contribution in [1.82, 2.24) is 0 Å². The number of methoxy groups -OCH3 is 1. The summed E-state index contributed by atoms with van der Waals surface area (Å²) in [5, 5.41) is 3.42. The Morgan fingerprint density at radius 2 is 2.00 bits per heavy atom. The molecular formula is C16H19BrN2O. The van der Waals surface area contributed by atoms with E-state index in [1.807, 2.05) is 31.2 Å². The van der Waals surface area contributed by atoms with Crippen molar-refractivity contribution < 1.29 is 4.74 Å². The van der Waals surface area contributed by atoms with E-state index in [4.69, 9.17) is 10.5 Å². The van der Waals surface area contributed by atoms with Crippen molar-refractivity contribution in [3.05, 3.63) is 52.0 Å². The maximum absolute atomic E-state index is 5.87. The molecule has 2 aromatic rings. The van der Waals surface area contributed by atoms with E-state index in [-0.39, 0.29) is 0 Å². The molecule has 2 aromatic carbocycles. The Kier molecular flexibility index (Phi) is 4.90. The van der Waals surface area contributed by atoms with Crippen LogP contribution in [0.2, 0.25) is 0 Å². The third-order valence-electron chi connectivity index (χ3n) is 3.26. The van der Waals surface area contributed by atoms with Crippen LogP contribution in [0.3, 0.4) is 0 Å². The topological polar surface area (TPSA) is 47.3 Å². The van der Waals surface area contributed by atoms with Gasteiger partial charge in [0.05, 0.1) is 7.11 Å². The minimum absolute atomic E-state index is 0.798. The number of aryl methyl sites for hydroxylation is 1. The lowest BCUT2D eigenvalue weighted by Gasteiger charge is -2.12. The van der Waals surface area contributed by atoms with Gasteiger partial charge in [-0.05, 0) is 58.6 Å². The van der Waals surface area contributed by atoms with Crippen LogP contribution in [-0.2, 0) is 6.42 Å². The van der Waals surface area contributed by atoms with Gasteiger partial charge in [0.2, 0.25) is 0 Å². The summed E-state index contributed by atoms with van der Waals surface area (Å²) in [6.07, 6.45) is 0.903. The second-order valence-electron chi connectivity index (χ2n) is 4.68. The van der Waals surface area contributed by atoms with Gasteiger partial charge < -0.3 is 15.8 Å². The van der Waals surface area contributed by atoms with E-state index in [0.717, 1.165) is 40.1 Å². The van der Waals surface area contributed by atoms with E-state index in [9.17, 15) is 0 Å². The van der Waals surface area contributed by atoms with Crippen molar-refractivity contribution in [3.8, 4) is 5.75 Å². The lowest BCUT2D eigenvalue weighted by atomic mass is 10.1. The quantitative estimate of drug-likeness (QED) is 0.812. The van der Waals surface area contributed by atoms with Crippen molar-refractivity contribution in [1.29, 1.82) is 0 Å². The van der Waals surface area contributed by atoms with Crippen molar-refractivity contribution in [2.75, 3.05) is 24.7 Å². The molecule has 4 heteroatoms. The number of para-hydroxylation sites is 1. The molecule has 20 heavy (non-hydrogen) atoms. The molecule has 0 aliphatic heterocycles. The second-order valence-corrected chi connectivity index (χ2v) is 5.53. The summed E-state index contributed by atoms with van der Waals surface area (Å²) in [6, 6.07) is 12.1. The van der Waals surface area contributed by atoms with Crippen LogP contribution in [0.25, 0.3) is 0 Å². The molecular weight excluding hydrogens is 316 g/mol. The highest BCUT2D eigenvalue weighted by molar-refractivity contribution is 9.10. The first kappa shape index (κ1) is 14.7. The number of hydrogen-bond acceptors (Lipinski definition) is 3. The lowest BCUT2D eigenvalue weighted by Crippen LogP contribution is -2.07. The molecule has 0 heterocycles. The Labute approximate surface area is 128 Å². The number of ether oxygens (including phenoxy) is 1. The first-order valence-electron chi connectivity index (χ1n) is 6.53. The standard InChI is InChI=1S/C16H19BrN2O/c1-11-9-15(13(17)10-14(11)18)19-8-7-12-5-3-4-6-16(12)20-2/h3-6,9-10,19H,7-8,18H2,1-2H3. The molecule has 0 spiro atoms. The highest BCUT2D eigenvalue weighted by Crippen LogP contribution is 2.28. The molecule has 0 bridgehead atoms. The Morgan fingerprint density at radius 3 is 2.75 bits per heavy atom. The molecule has 0 fully saturated rings. The summed E-state index contributed by atoms with van der Waals surface area (Å²) < 4.78 is 6.34. The van der Waals surface area contributed by atoms with E-state index in [1.54, 1.807) is 7.11 Å². The van der Waals surface area contributed by atoms with Gasteiger partial charge in [-0.25, -0.2) is 0 Å². The van der Waals surface area contributed by atoms with Crippen LogP contribution in [0.15, 0.2) is 40.9 Å². The van der Waals surface area contributed by atoms with E-state index < -0.39 is 0 Å². The summed E-state index contributed by atoms with van der Waals surface area (Å²) in [5.74, 6) is 0.932. The molecule has 0 saturated heterocycles. The summed E-state index contributed by atoms with van der Waals surface area (Å²) in [7, 11) is 1.70. The van der Waals surface area contributed by atoms with E-state index >= 15 is 0 Å². The summed E-state index contributed by atoms with van der Waals surface area (Å²) in [6.45, 7) is 2.84. The molecule has 3 N–H and O–H groups in total. The maximum atomic E-state index is 5.87. The average molecular weight is 335 g/mol. The molecule has 0 aromatic heterocycles. The van der Waals surface area contributed by atoms with Crippen LogP contribution in [0.1, 0.15) is 11.1 Å². The van der Waals surface area contributed by atoms with Gasteiger partial charge in [-0.1, -0.05) is 18.2 Å². The van der Waals surface area contributed by atoms with Crippen molar-refractivity contribution in [2.24, 2.45) is 0 Å². The Balaban J connectivity index is 2.01. The highest BCUT2D eigenvalue weighted by Gasteiger charge is 2.05. The van der Waals surface area contributed by atoms with E-state index in [0.29, 0.717) is 0 Å². The zero-order chi connectivity index (χ0) is 14.5. The van der Waals surface area contributed by atoms with Crippen LogP contribution in [0, 0.1) is 6.92 Å². The zero-order valence-electron chi connectivity index (χ0n) is 11.7. The molecule has 3 nitrogen and oxygen atoms in total. The summed E-state index contributed by atoms with van der Waals surface area (Å²) >= 11 is 3.53. The van der Waals surface area contributed by atoms with Gasteiger partial charge in [0.15, 0.2) is 0 Å². The molecule has 0 aliphatic rings. The maximum Gasteiger partial charge on any atom is 0.122 e. The number of rotatable bonds is 5. The molecule has 2 rings (SSSR count). The molecule has 0 amide bonds. The van der Waals surface area contributed by atoms with Gasteiger partial charge in [-0.3, -0.25) is 0 Å². The number of nitrogens with one attached hydrogen (secondary N) is 1. The number of benzene rings is 2. The van der Waals surface area contributed by atoms with E-state index in [1.165, 1.54) is 5.56 Å². The van der Waals surface area contributed by atoms with Crippen LogP contribution in [0.5, 0.6) is 5.75 Å². The SMILES string of the molecule is COc1ccccc1CCNc1cc(C)c(N)cc1Br. The van der Waals surface area contributed by atoms with Crippen LogP contribution in [0.4, 0.5) is 11.4 Å². The Bertz CT molecular complexity index is 599. The first-order valence-corrected chi connectivity index (χ1v) is 7.32. The minimum Gasteiger partial charge on any atom is -0.496 e. The molecule has 0 saturated carbocycles. The van der Waals surface area contributed by atoms with Crippen LogP contribution in [-0.4, -0.2) is 13.7 Å². The molecule has 0 radical (unpaired) electrons. The fourth-order valence-electron chi connectivity index (χ4n) is 2.07. The highest BCUT2D eigenvalue weighted by atomic mass is 79.9. The van der Waals surface area contributed by atoms with Crippen molar-refractivity contribution in [3.63, 3.8) is 0 Å². The molecule has 0 unspecified atom stereocenters.